The molecule has 1 aromatic heterocycles. The minimum Gasteiger partial charge on any atom is -0.408 e. The fourth-order valence-corrected chi connectivity index (χ4v) is 1.99. The molecule has 19 heavy (non-hydrogen) atoms. The molecule has 0 atom stereocenters. The molecular formula is C13H16N2O4. The summed E-state index contributed by atoms with van der Waals surface area (Å²) in [6.45, 7) is 3.60. The number of nitro groups is 1. The minimum absolute atomic E-state index is 0.288. The number of hydrogen-bond acceptors (Lipinski definition) is 4. The molecule has 0 fully saturated rings. The Balaban J connectivity index is 2.13. The van der Waals surface area contributed by atoms with E-state index in [-0.39, 0.29) is 4.92 Å². The Morgan fingerprint density at radius 3 is 2.74 bits per heavy atom. The Hall–Kier alpha value is -2.11. The molecule has 0 unspecified atom stereocenters. The Kier molecular flexibility index (Phi) is 3.42. The van der Waals surface area contributed by atoms with Gasteiger partial charge in [-0.3, -0.25) is 14.7 Å². The highest BCUT2D eigenvalue weighted by atomic mass is 16.6. The van der Waals surface area contributed by atoms with Crippen molar-refractivity contribution in [2.24, 2.45) is 0 Å². The van der Waals surface area contributed by atoms with E-state index >= 15 is 0 Å². The molecule has 102 valence electrons. The van der Waals surface area contributed by atoms with Crippen molar-refractivity contribution in [1.82, 2.24) is 4.57 Å². The zero-order valence-electron chi connectivity index (χ0n) is 11.0. The molecule has 0 N–H and O–H groups in total. The Morgan fingerprint density at radius 1 is 1.37 bits per heavy atom. The quantitative estimate of drug-likeness (QED) is 0.613. The SMILES string of the molecule is CC(C)(CCCn1c(=O)oc2ccccc21)[N+](=O)[O-]. The third-order valence-corrected chi connectivity index (χ3v) is 3.24. The van der Waals surface area contributed by atoms with Gasteiger partial charge in [0.25, 0.3) is 0 Å². The van der Waals surface area contributed by atoms with Gasteiger partial charge in [0.15, 0.2) is 5.58 Å². The molecule has 0 saturated heterocycles. The highest BCUT2D eigenvalue weighted by Crippen LogP contribution is 2.17. The topological polar surface area (TPSA) is 78.3 Å². The van der Waals surface area contributed by atoms with E-state index in [9.17, 15) is 14.9 Å². The van der Waals surface area contributed by atoms with Crippen molar-refractivity contribution in [3.63, 3.8) is 0 Å². The molecule has 1 aromatic carbocycles. The number of hydrogen-bond donors (Lipinski definition) is 0. The third-order valence-electron chi connectivity index (χ3n) is 3.24. The van der Waals surface area contributed by atoms with Crippen molar-refractivity contribution in [3.8, 4) is 0 Å². The minimum atomic E-state index is -0.969. The number of aryl methyl sites for hydroxylation is 1. The zero-order chi connectivity index (χ0) is 14.0. The van der Waals surface area contributed by atoms with Crippen LogP contribution in [-0.2, 0) is 6.54 Å². The van der Waals surface area contributed by atoms with E-state index in [1.807, 2.05) is 6.07 Å². The van der Waals surface area contributed by atoms with Gasteiger partial charge >= 0.3 is 5.76 Å². The second kappa shape index (κ2) is 4.87. The van der Waals surface area contributed by atoms with Crippen LogP contribution in [0.4, 0.5) is 0 Å². The predicted octanol–water partition coefficient (Wildman–Crippen LogP) is 2.43. The van der Waals surface area contributed by atoms with Gasteiger partial charge in [0.2, 0.25) is 5.54 Å². The highest BCUT2D eigenvalue weighted by Gasteiger charge is 2.29. The first-order chi connectivity index (χ1) is 8.92. The second-order valence-corrected chi connectivity index (χ2v) is 5.16. The van der Waals surface area contributed by atoms with Gasteiger partial charge in [0, 0.05) is 31.7 Å². The molecule has 0 aliphatic rings. The van der Waals surface area contributed by atoms with Crippen LogP contribution in [0, 0.1) is 10.1 Å². The Labute approximate surface area is 109 Å². The van der Waals surface area contributed by atoms with Crippen molar-refractivity contribution in [1.29, 1.82) is 0 Å². The maximum atomic E-state index is 11.7. The molecule has 0 radical (unpaired) electrons. The molecule has 0 aliphatic heterocycles. The van der Waals surface area contributed by atoms with Gasteiger partial charge in [-0.15, -0.1) is 0 Å². The van der Waals surface area contributed by atoms with Crippen LogP contribution in [0.2, 0.25) is 0 Å². The molecule has 0 bridgehead atoms. The van der Waals surface area contributed by atoms with E-state index in [0.29, 0.717) is 25.0 Å². The van der Waals surface area contributed by atoms with E-state index in [2.05, 4.69) is 0 Å². The molecule has 6 nitrogen and oxygen atoms in total. The van der Waals surface area contributed by atoms with Crippen LogP contribution < -0.4 is 5.76 Å². The first-order valence-corrected chi connectivity index (χ1v) is 6.15. The van der Waals surface area contributed by atoms with Gasteiger partial charge in [0.1, 0.15) is 0 Å². The molecular weight excluding hydrogens is 248 g/mol. The molecule has 1 heterocycles. The van der Waals surface area contributed by atoms with Crippen LogP contribution >= 0.6 is 0 Å². The Morgan fingerprint density at radius 2 is 2.05 bits per heavy atom. The summed E-state index contributed by atoms with van der Waals surface area (Å²) in [5.41, 5.74) is 0.302. The smallest absolute Gasteiger partial charge is 0.408 e. The van der Waals surface area contributed by atoms with Crippen LogP contribution in [0.5, 0.6) is 0 Å². The molecule has 0 spiro atoms. The fourth-order valence-electron chi connectivity index (χ4n) is 1.99. The number of aromatic nitrogens is 1. The van der Waals surface area contributed by atoms with Crippen molar-refractivity contribution in [3.05, 3.63) is 44.9 Å². The number of benzene rings is 1. The number of para-hydroxylation sites is 2. The summed E-state index contributed by atoms with van der Waals surface area (Å²) >= 11 is 0. The fraction of sp³-hybridized carbons (Fsp3) is 0.462. The van der Waals surface area contributed by atoms with E-state index < -0.39 is 11.3 Å². The summed E-state index contributed by atoms with van der Waals surface area (Å²) in [5, 5.41) is 10.8. The molecule has 0 saturated carbocycles. The first kappa shape index (κ1) is 13.3. The molecule has 6 heteroatoms. The summed E-state index contributed by atoms with van der Waals surface area (Å²) < 4.78 is 6.62. The molecule has 2 rings (SSSR count). The van der Waals surface area contributed by atoms with Crippen molar-refractivity contribution >= 4 is 11.1 Å². The van der Waals surface area contributed by atoms with E-state index in [0.717, 1.165) is 5.52 Å². The number of rotatable bonds is 5. The monoisotopic (exact) mass is 264 g/mol. The van der Waals surface area contributed by atoms with Crippen molar-refractivity contribution in [2.75, 3.05) is 0 Å². The van der Waals surface area contributed by atoms with Crippen LogP contribution in [0.1, 0.15) is 26.7 Å². The normalized spacial score (nSPS) is 11.9. The van der Waals surface area contributed by atoms with Crippen molar-refractivity contribution < 1.29 is 9.34 Å². The van der Waals surface area contributed by atoms with Crippen LogP contribution in [0.25, 0.3) is 11.1 Å². The summed E-state index contributed by atoms with van der Waals surface area (Å²) in [4.78, 5) is 22.2. The molecule has 0 amide bonds. The number of oxazole rings is 1. The van der Waals surface area contributed by atoms with Gasteiger partial charge in [-0.1, -0.05) is 12.1 Å². The maximum absolute atomic E-state index is 11.7. The average molecular weight is 264 g/mol. The first-order valence-electron chi connectivity index (χ1n) is 6.15. The average Bonchev–Trinajstić information content (AvgIpc) is 2.65. The van der Waals surface area contributed by atoms with Gasteiger partial charge in [0.05, 0.1) is 5.52 Å². The second-order valence-electron chi connectivity index (χ2n) is 5.16. The molecule has 2 aromatic rings. The highest BCUT2D eigenvalue weighted by molar-refractivity contribution is 5.72. The summed E-state index contributed by atoms with van der Waals surface area (Å²) in [6.07, 6.45) is 0.962. The van der Waals surface area contributed by atoms with Crippen LogP contribution in [-0.4, -0.2) is 15.0 Å². The van der Waals surface area contributed by atoms with E-state index in [1.165, 1.54) is 4.57 Å². The maximum Gasteiger partial charge on any atom is 0.419 e. The number of fused-ring (bicyclic) bond motifs is 1. The van der Waals surface area contributed by atoms with Crippen LogP contribution in [0.15, 0.2) is 33.5 Å². The number of nitrogens with zero attached hydrogens (tertiary/aromatic N) is 2. The largest absolute Gasteiger partial charge is 0.419 e. The van der Waals surface area contributed by atoms with E-state index in [4.69, 9.17) is 4.42 Å². The zero-order valence-corrected chi connectivity index (χ0v) is 11.0. The van der Waals surface area contributed by atoms with Gasteiger partial charge in [-0.25, -0.2) is 4.79 Å². The lowest BCUT2D eigenvalue weighted by molar-refractivity contribution is -0.561. The van der Waals surface area contributed by atoms with Gasteiger partial charge in [-0.2, -0.15) is 0 Å². The van der Waals surface area contributed by atoms with E-state index in [1.54, 1.807) is 32.0 Å². The summed E-state index contributed by atoms with van der Waals surface area (Å²) in [6, 6.07) is 7.16. The standard InChI is InChI=1S/C13H16N2O4/c1-13(2,15(17)18)8-5-9-14-10-6-3-4-7-11(10)19-12(14)16/h3-4,6-7H,5,8-9H2,1-2H3. The van der Waals surface area contributed by atoms with Gasteiger partial charge < -0.3 is 4.42 Å². The van der Waals surface area contributed by atoms with Crippen molar-refractivity contribution in [2.45, 2.75) is 38.8 Å². The Bertz CT molecular complexity index is 654. The summed E-state index contributed by atoms with van der Waals surface area (Å²) in [7, 11) is 0. The molecule has 0 aliphatic carbocycles. The van der Waals surface area contributed by atoms with Gasteiger partial charge in [-0.05, 0) is 18.6 Å². The lowest BCUT2D eigenvalue weighted by Gasteiger charge is -2.14. The predicted molar refractivity (Wildman–Crippen MR) is 70.8 cm³/mol. The third kappa shape index (κ3) is 2.67. The lowest BCUT2D eigenvalue weighted by atomic mass is 10.00. The summed E-state index contributed by atoms with van der Waals surface area (Å²) in [5.74, 6) is -0.417. The van der Waals surface area contributed by atoms with Crippen LogP contribution in [0.3, 0.4) is 0 Å². The lowest BCUT2D eigenvalue weighted by Crippen LogP contribution is -2.31.